The fourth-order valence-corrected chi connectivity index (χ4v) is 2.73. The van der Waals surface area contributed by atoms with Crippen LogP contribution in [0.2, 0.25) is 0 Å². The molecule has 0 unspecified atom stereocenters. The zero-order chi connectivity index (χ0) is 15.9. The first-order valence-electron chi connectivity index (χ1n) is 8.02. The predicted molar refractivity (Wildman–Crippen MR) is 91.6 cm³/mol. The fraction of sp³-hybridized carbons (Fsp3) is 0.350. The Labute approximate surface area is 133 Å². The molecule has 0 N–H and O–H groups in total. The van der Waals surface area contributed by atoms with Gasteiger partial charge in [0.2, 0.25) is 5.91 Å². The number of rotatable bonds is 6. The highest BCUT2D eigenvalue weighted by Gasteiger charge is 2.26. The highest BCUT2D eigenvalue weighted by atomic mass is 16.2. The molecule has 0 spiro atoms. The van der Waals surface area contributed by atoms with E-state index < -0.39 is 0 Å². The summed E-state index contributed by atoms with van der Waals surface area (Å²) in [5.41, 5.74) is 2.28. The van der Waals surface area contributed by atoms with E-state index in [1.807, 2.05) is 53.4 Å². The van der Waals surface area contributed by atoms with E-state index >= 15 is 0 Å². The van der Waals surface area contributed by atoms with Gasteiger partial charge in [0.15, 0.2) is 0 Å². The van der Waals surface area contributed by atoms with Crippen molar-refractivity contribution in [3.05, 3.63) is 71.8 Å². The Bertz CT molecular complexity index is 577. The molecule has 2 nitrogen and oxygen atoms in total. The van der Waals surface area contributed by atoms with Crippen molar-refractivity contribution < 1.29 is 4.79 Å². The molecule has 2 aromatic carbocycles. The van der Waals surface area contributed by atoms with E-state index in [2.05, 4.69) is 32.9 Å². The average Bonchev–Trinajstić information content (AvgIpc) is 2.55. The van der Waals surface area contributed by atoms with Gasteiger partial charge in [-0.15, -0.1) is 0 Å². The Morgan fingerprint density at radius 1 is 0.955 bits per heavy atom. The molecular formula is C20H25NO. The molecule has 0 aliphatic heterocycles. The van der Waals surface area contributed by atoms with Gasteiger partial charge in [0.25, 0.3) is 0 Å². The van der Waals surface area contributed by atoms with Gasteiger partial charge >= 0.3 is 0 Å². The lowest BCUT2D eigenvalue weighted by molar-refractivity contribution is -0.135. The van der Waals surface area contributed by atoms with E-state index in [0.717, 1.165) is 12.0 Å². The zero-order valence-electron chi connectivity index (χ0n) is 13.7. The van der Waals surface area contributed by atoms with Gasteiger partial charge in [-0.25, -0.2) is 0 Å². The van der Waals surface area contributed by atoms with Gasteiger partial charge in [-0.3, -0.25) is 4.79 Å². The quantitative estimate of drug-likeness (QED) is 0.761. The summed E-state index contributed by atoms with van der Waals surface area (Å²) in [4.78, 5) is 15.0. The van der Waals surface area contributed by atoms with Crippen LogP contribution in [-0.4, -0.2) is 16.8 Å². The van der Waals surface area contributed by atoms with Crippen molar-refractivity contribution in [1.29, 1.82) is 0 Å². The number of hydrogen-bond acceptors (Lipinski definition) is 1. The summed E-state index contributed by atoms with van der Waals surface area (Å²) in [7, 11) is 0. The van der Waals surface area contributed by atoms with Crippen LogP contribution in [-0.2, 0) is 11.3 Å². The highest BCUT2D eigenvalue weighted by Crippen LogP contribution is 2.24. The van der Waals surface area contributed by atoms with Crippen LogP contribution in [0.1, 0.15) is 44.2 Å². The van der Waals surface area contributed by atoms with Crippen molar-refractivity contribution >= 4 is 5.91 Å². The van der Waals surface area contributed by atoms with Crippen molar-refractivity contribution in [2.24, 2.45) is 0 Å². The van der Waals surface area contributed by atoms with Crippen LogP contribution in [0.5, 0.6) is 0 Å². The molecule has 0 saturated carbocycles. The molecule has 0 saturated heterocycles. The predicted octanol–water partition coefficient (Wildman–Crippen LogP) is 4.62. The van der Waals surface area contributed by atoms with E-state index in [1.54, 1.807) is 0 Å². The van der Waals surface area contributed by atoms with Gasteiger partial charge in [-0.2, -0.15) is 0 Å². The minimum atomic E-state index is -0.0627. The summed E-state index contributed by atoms with van der Waals surface area (Å²) >= 11 is 0. The van der Waals surface area contributed by atoms with Crippen LogP contribution in [0, 0.1) is 0 Å². The van der Waals surface area contributed by atoms with Crippen molar-refractivity contribution in [3.63, 3.8) is 0 Å². The van der Waals surface area contributed by atoms with Gasteiger partial charge in [0, 0.05) is 12.6 Å². The second kappa shape index (κ2) is 7.79. The number of carbonyl (C=O) groups excluding carboxylic acids is 1. The van der Waals surface area contributed by atoms with E-state index in [9.17, 15) is 4.79 Å². The first-order chi connectivity index (χ1) is 10.6. The van der Waals surface area contributed by atoms with Crippen molar-refractivity contribution in [3.8, 4) is 0 Å². The Balaban J connectivity index is 2.21. The average molecular weight is 295 g/mol. The van der Waals surface area contributed by atoms with E-state index in [-0.39, 0.29) is 17.9 Å². The second-order valence-corrected chi connectivity index (χ2v) is 5.92. The lowest BCUT2D eigenvalue weighted by Crippen LogP contribution is -2.39. The molecular weight excluding hydrogens is 270 g/mol. The van der Waals surface area contributed by atoms with Crippen LogP contribution in [0.3, 0.4) is 0 Å². The standard InChI is InChI=1S/C20H25NO/c1-4-19(18-13-9-6-10-14-18)20(22)21(16(2)3)15-17-11-7-5-8-12-17/h5-14,16,19H,4,15H2,1-3H3/t19-/m1/s1. The van der Waals surface area contributed by atoms with Gasteiger partial charge in [-0.1, -0.05) is 67.6 Å². The summed E-state index contributed by atoms with van der Waals surface area (Å²) < 4.78 is 0. The second-order valence-electron chi connectivity index (χ2n) is 5.92. The maximum atomic E-state index is 13.0. The van der Waals surface area contributed by atoms with Crippen molar-refractivity contribution in [2.75, 3.05) is 0 Å². The SMILES string of the molecule is CC[C@@H](C(=O)N(Cc1ccccc1)C(C)C)c1ccccc1. The smallest absolute Gasteiger partial charge is 0.230 e. The molecule has 0 radical (unpaired) electrons. The third kappa shape index (κ3) is 3.97. The maximum Gasteiger partial charge on any atom is 0.230 e. The lowest BCUT2D eigenvalue weighted by Gasteiger charge is -2.30. The molecule has 22 heavy (non-hydrogen) atoms. The molecule has 0 heterocycles. The molecule has 2 aromatic rings. The van der Waals surface area contributed by atoms with Gasteiger partial charge in [-0.05, 0) is 31.4 Å². The number of benzene rings is 2. The normalized spacial score (nSPS) is 12.2. The molecule has 1 atom stereocenters. The third-order valence-corrected chi connectivity index (χ3v) is 4.01. The van der Waals surface area contributed by atoms with Crippen molar-refractivity contribution in [2.45, 2.75) is 45.7 Å². The Morgan fingerprint density at radius 3 is 2.00 bits per heavy atom. The lowest BCUT2D eigenvalue weighted by atomic mass is 9.94. The monoisotopic (exact) mass is 295 g/mol. The molecule has 0 bridgehead atoms. The summed E-state index contributed by atoms with van der Waals surface area (Å²) in [5.74, 6) is 0.153. The molecule has 0 aliphatic carbocycles. The zero-order valence-corrected chi connectivity index (χ0v) is 13.7. The fourth-order valence-electron chi connectivity index (χ4n) is 2.73. The summed E-state index contributed by atoms with van der Waals surface area (Å²) in [6, 6.07) is 20.5. The number of amides is 1. The molecule has 0 fully saturated rings. The van der Waals surface area contributed by atoms with E-state index in [1.165, 1.54) is 5.56 Å². The van der Waals surface area contributed by atoms with Crippen molar-refractivity contribution in [1.82, 2.24) is 4.90 Å². The van der Waals surface area contributed by atoms with Crippen LogP contribution < -0.4 is 0 Å². The third-order valence-electron chi connectivity index (χ3n) is 4.01. The summed E-state index contributed by atoms with van der Waals surface area (Å²) in [5, 5.41) is 0. The molecule has 2 heteroatoms. The van der Waals surface area contributed by atoms with E-state index in [0.29, 0.717) is 6.54 Å². The molecule has 0 aromatic heterocycles. The molecule has 116 valence electrons. The molecule has 1 amide bonds. The Kier molecular flexibility index (Phi) is 5.76. The van der Waals surface area contributed by atoms with Gasteiger partial charge in [0.05, 0.1) is 5.92 Å². The summed E-state index contributed by atoms with van der Waals surface area (Å²) in [6.45, 7) is 6.91. The van der Waals surface area contributed by atoms with Gasteiger partial charge < -0.3 is 4.90 Å². The van der Waals surface area contributed by atoms with Crippen LogP contribution >= 0.6 is 0 Å². The summed E-state index contributed by atoms with van der Waals surface area (Å²) in [6.07, 6.45) is 0.820. The number of nitrogens with zero attached hydrogens (tertiary/aromatic N) is 1. The first-order valence-corrected chi connectivity index (χ1v) is 8.02. The largest absolute Gasteiger partial charge is 0.335 e. The minimum absolute atomic E-state index is 0.0627. The Hall–Kier alpha value is -2.09. The van der Waals surface area contributed by atoms with E-state index in [4.69, 9.17) is 0 Å². The minimum Gasteiger partial charge on any atom is -0.335 e. The highest BCUT2D eigenvalue weighted by molar-refractivity contribution is 5.84. The first kappa shape index (κ1) is 16.3. The molecule has 0 aliphatic rings. The molecule has 2 rings (SSSR count). The maximum absolute atomic E-state index is 13.0. The Morgan fingerprint density at radius 2 is 1.50 bits per heavy atom. The van der Waals surface area contributed by atoms with Crippen LogP contribution in [0.4, 0.5) is 0 Å². The van der Waals surface area contributed by atoms with Crippen LogP contribution in [0.25, 0.3) is 0 Å². The number of hydrogen-bond donors (Lipinski definition) is 0. The van der Waals surface area contributed by atoms with Gasteiger partial charge in [0.1, 0.15) is 0 Å². The topological polar surface area (TPSA) is 20.3 Å². The van der Waals surface area contributed by atoms with Crippen LogP contribution in [0.15, 0.2) is 60.7 Å². The number of carbonyl (C=O) groups is 1.